The lowest BCUT2D eigenvalue weighted by Gasteiger charge is -2.37. The number of benzene rings is 2. The van der Waals surface area contributed by atoms with Gasteiger partial charge in [-0.15, -0.1) is 0 Å². The molecule has 2 aliphatic heterocycles. The Kier molecular flexibility index (Phi) is 5.13. The van der Waals surface area contributed by atoms with Gasteiger partial charge in [0.2, 0.25) is 5.91 Å². The number of anilines is 2. The van der Waals surface area contributed by atoms with Crippen LogP contribution in [0.15, 0.2) is 42.5 Å². The fourth-order valence-corrected chi connectivity index (χ4v) is 5.34. The Morgan fingerprint density at radius 2 is 2.03 bits per heavy atom. The fraction of sp³-hybridized carbons (Fsp3) is 0.391. The molecule has 5 rings (SSSR count). The van der Waals surface area contributed by atoms with Gasteiger partial charge < -0.3 is 14.2 Å². The molecule has 2 aromatic rings. The molecule has 1 atom stereocenters. The highest BCUT2D eigenvalue weighted by molar-refractivity contribution is 7.96. The molecule has 3 aliphatic rings. The number of carbonyl (C=O) groups is 2. The Balaban J connectivity index is 1.50. The van der Waals surface area contributed by atoms with Crippen LogP contribution in [0.1, 0.15) is 48.5 Å². The van der Waals surface area contributed by atoms with Crippen LogP contribution in [0.4, 0.5) is 20.2 Å². The summed E-state index contributed by atoms with van der Waals surface area (Å²) in [6, 6.07) is 11.4. The molecule has 9 heteroatoms. The van der Waals surface area contributed by atoms with Crippen LogP contribution in [-0.4, -0.2) is 29.9 Å². The summed E-state index contributed by atoms with van der Waals surface area (Å²) in [6.07, 6.45) is 3.00. The predicted molar refractivity (Wildman–Crippen MR) is 116 cm³/mol. The number of fused-ring (bicyclic) bond motifs is 2. The zero-order valence-corrected chi connectivity index (χ0v) is 18.2. The summed E-state index contributed by atoms with van der Waals surface area (Å²) in [4.78, 5) is 27.5. The number of halogens is 2. The predicted octanol–water partition coefficient (Wildman–Crippen LogP) is 4.90. The molecular formula is C23H22F2N2O4S. The second kappa shape index (κ2) is 7.74. The van der Waals surface area contributed by atoms with Gasteiger partial charge in [-0.1, -0.05) is 12.5 Å². The summed E-state index contributed by atoms with van der Waals surface area (Å²) >= 11 is 1.25. The molecule has 2 aromatic carbocycles. The zero-order valence-electron chi connectivity index (χ0n) is 17.4. The molecule has 1 N–H and O–H groups in total. The number of nitrogens with zero attached hydrogens (tertiary/aromatic N) is 1. The maximum atomic E-state index is 13.5. The summed E-state index contributed by atoms with van der Waals surface area (Å²) < 4.78 is 35.2. The summed E-state index contributed by atoms with van der Waals surface area (Å²) in [5, 5.41) is 3.02. The van der Waals surface area contributed by atoms with Crippen LogP contribution in [0.5, 0.6) is 5.75 Å². The molecule has 168 valence electrons. The van der Waals surface area contributed by atoms with E-state index in [2.05, 4.69) is 10.1 Å². The van der Waals surface area contributed by atoms with Crippen LogP contribution in [-0.2, 0) is 14.4 Å². The van der Waals surface area contributed by atoms with Gasteiger partial charge >= 0.3 is 6.61 Å². The highest BCUT2D eigenvalue weighted by Gasteiger charge is 2.55. The Morgan fingerprint density at radius 1 is 1.22 bits per heavy atom. The van der Waals surface area contributed by atoms with E-state index in [4.69, 9.17) is 4.18 Å². The first-order valence-electron chi connectivity index (χ1n) is 10.5. The average Bonchev–Trinajstić information content (AvgIpc) is 3.25. The van der Waals surface area contributed by atoms with E-state index in [1.54, 1.807) is 35.2 Å². The summed E-state index contributed by atoms with van der Waals surface area (Å²) in [5.41, 5.74) is 1.74. The van der Waals surface area contributed by atoms with E-state index in [0.29, 0.717) is 42.8 Å². The smallest absolute Gasteiger partial charge is 0.387 e. The van der Waals surface area contributed by atoms with Crippen molar-refractivity contribution in [2.75, 3.05) is 11.5 Å². The van der Waals surface area contributed by atoms with Gasteiger partial charge in [-0.3, -0.25) is 14.5 Å². The molecule has 1 saturated carbocycles. The van der Waals surface area contributed by atoms with Crippen molar-refractivity contribution in [1.82, 2.24) is 5.32 Å². The van der Waals surface area contributed by atoms with Crippen LogP contribution in [0.2, 0.25) is 0 Å². The largest absolute Gasteiger partial charge is 0.435 e. The molecule has 1 spiro atoms. The molecule has 2 fully saturated rings. The lowest BCUT2D eigenvalue weighted by atomic mass is 9.65. The van der Waals surface area contributed by atoms with Crippen LogP contribution in [0.25, 0.3) is 0 Å². The van der Waals surface area contributed by atoms with Gasteiger partial charge in [0.25, 0.3) is 5.91 Å². The van der Waals surface area contributed by atoms with Crippen LogP contribution in [0, 0.1) is 0 Å². The molecule has 2 amide bonds. The molecule has 2 heterocycles. The Hall–Kier alpha value is -2.65. The SMILES string of the molecule is CC1(NC(=O)c2ccc3c(c2)C2(CCC2)C(=O)N3c2cccc(OC(F)F)c2)CCOS1. The number of ether oxygens (including phenoxy) is 1. The van der Waals surface area contributed by atoms with Crippen molar-refractivity contribution in [3.05, 3.63) is 53.6 Å². The second-order valence-corrected chi connectivity index (χ2v) is 9.83. The highest BCUT2D eigenvalue weighted by atomic mass is 32.2. The minimum atomic E-state index is -2.95. The van der Waals surface area contributed by atoms with Gasteiger partial charge in [0.05, 0.1) is 23.4 Å². The van der Waals surface area contributed by atoms with Crippen molar-refractivity contribution in [2.45, 2.75) is 49.5 Å². The Bertz CT molecular complexity index is 1080. The third-order valence-corrected chi connectivity index (χ3v) is 7.38. The Morgan fingerprint density at radius 3 is 2.69 bits per heavy atom. The van der Waals surface area contributed by atoms with Gasteiger partial charge in [0.15, 0.2) is 0 Å². The van der Waals surface area contributed by atoms with E-state index in [-0.39, 0.29) is 17.6 Å². The molecule has 0 radical (unpaired) electrons. The van der Waals surface area contributed by atoms with E-state index >= 15 is 0 Å². The molecule has 32 heavy (non-hydrogen) atoms. The molecular weight excluding hydrogens is 438 g/mol. The average molecular weight is 461 g/mol. The first-order chi connectivity index (χ1) is 15.3. The van der Waals surface area contributed by atoms with Crippen LogP contribution >= 0.6 is 12.0 Å². The lowest BCUT2D eigenvalue weighted by Crippen LogP contribution is -2.44. The molecule has 1 unspecified atom stereocenters. The topological polar surface area (TPSA) is 67.9 Å². The van der Waals surface area contributed by atoms with Crippen LogP contribution < -0.4 is 15.0 Å². The number of amides is 2. The van der Waals surface area contributed by atoms with Crippen molar-refractivity contribution < 1.29 is 27.3 Å². The normalized spacial score (nSPS) is 23.4. The number of hydrogen-bond donors (Lipinski definition) is 1. The third kappa shape index (κ3) is 3.44. The van der Waals surface area contributed by atoms with Crippen LogP contribution in [0.3, 0.4) is 0 Å². The molecule has 0 aromatic heterocycles. The van der Waals surface area contributed by atoms with Gasteiger partial charge in [-0.05, 0) is 55.7 Å². The Labute approximate surface area is 188 Å². The minimum Gasteiger partial charge on any atom is -0.435 e. The van der Waals surface area contributed by atoms with Crippen molar-refractivity contribution in [1.29, 1.82) is 0 Å². The highest BCUT2D eigenvalue weighted by Crippen LogP contribution is 2.55. The fourth-order valence-electron chi connectivity index (χ4n) is 4.61. The number of rotatable bonds is 5. The summed E-state index contributed by atoms with van der Waals surface area (Å²) in [6.45, 7) is -0.452. The van der Waals surface area contributed by atoms with Crippen molar-refractivity contribution >= 4 is 35.2 Å². The molecule has 1 saturated heterocycles. The van der Waals surface area contributed by atoms with Crippen molar-refractivity contribution in [2.24, 2.45) is 0 Å². The summed E-state index contributed by atoms with van der Waals surface area (Å²) in [5.74, 6) is -0.333. The van der Waals surface area contributed by atoms with E-state index < -0.39 is 16.9 Å². The zero-order chi connectivity index (χ0) is 22.5. The number of nitrogens with one attached hydrogen (secondary N) is 1. The first-order valence-corrected chi connectivity index (χ1v) is 11.2. The molecule has 0 bridgehead atoms. The van der Waals surface area contributed by atoms with E-state index in [9.17, 15) is 18.4 Å². The number of alkyl halides is 2. The standard InChI is InChI=1S/C23H22F2N2O4S/c1-22(10-11-30-32-22)26-19(28)14-6-7-18-17(12-14)23(8-3-9-23)20(29)27(18)15-4-2-5-16(13-15)31-21(24)25/h2,4-7,12-13,21H,3,8-11H2,1H3,(H,26,28). The van der Waals surface area contributed by atoms with Gasteiger partial charge in [0, 0.05) is 30.1 Å². The van der Waals surface area contributed by atoms with E-state index in [1.807, 2.05) is 6.92 Å². The van der Waals surface area contributed by atoms with Crippen molar-refractivity contribution in [3.8, 4) is 5.75 Å². The second-order valence-electron chi connectivity index (χ2n) is 8.52. The van der Waals surface area contributed by atoms with Gasteiger partial charge in [-0.2, -0.15) is 8.78 Å². The first kappa shape index (κ1) is 21.2. The van der Waals surface area contributed by atoms with E-state index in [0.717, 1.165) is 12.0 Å². The van der Waals surface area contributed by atoms with Gasteiger partial charge in [0.1, 0.15) is 10.6 Å². The molecule has 6 nitrogen and oxygen atoms in total. The lowest BCUT2D eigenvalue weighted by molar-refractivity contribution is -0.125. The van der Waals surface area contributed by atoms with Gasteiger partial charge in [-0.25, -0.2) is 0 Å². The van der Waals surface area contributed by atoms with Crippen molar-refractivity contribution in [3.63, 3.8) is 0 Å². The van der Waals surface area contributed by atoms with E-state index in [1.165, 1.54) is 24.2 Å². The monoisotopic (exact) mass is 460 g/mol. The maximum Gasteiger partial charge on any atom is 0.387 e. The quantitative estimate of drug-likeness (QED) is 0.643. The third-order valence-electron chi connectivity index (χ3n) is 6.42. The maximum absolute atomic E-state index is 13.5. The minimum absolute atomic E-state index is 0.0121. The number of carbonyl (C=O) groups excluding carboxylic acids is 2. The summed E-state index contributed by atoms with van der Waals surface area (Å²) in [7, 11) is 0. The number of hydrogen-bond acceptors (Lipinski definition) is 5. The molecule has 1 aliphatic carbocycles.